The molecule has 0 unspecified atom stereocenters. The number of aliphatic imine (C=N–C) groups is 1. The summed E-state index contributed by atoms with van der Waals surface area (Å²) in [5, 5.41) is 0.721. The Kier molecular flexibility index (Phi) is 5.56. The zero-order chi connectivity index (χ0) is 17.6. The minimum Gasteiger partial charge on any atom is -0.497 e. The van der Waals surface area contributed by atoms with Crippen molar-refractivity contribution in [2.45, 2.75) is 13.3 Å². The van der Waals surface area contributed by atoms with E-state index in [1.807, 2.05) is 60.7 Å². The van der Waals surface area contributed by atoms with Gasteiger partial charge in [-0.15, -0.1) is 0 Å². The van der Waals surface area contributed by atoms with Crippen LogP contribution in [-0.2, 0) is 4.79 Å². The lowest BCUT2D eigenvalue weighted by Gasteiger charge is -2.14. The van der Waals surface area contributed by atoms with Crippen molar-refractivity contribution in [3.05, 3.63) is 65.1 Å². The van der Waals surface area contributed by atoms with Crippen molar-refractivity contribution in [2.24, 2.45) is 4.99 Å². The van der Waals surface area contributed by atoms with Gasteiger partial charge in [0.2, 0.25) is 0 Å². The van der Waals surface area contributed by atoms with Gasteiger partial charge in [0.1, 0.15) is 5.75 Å². The Labute approximate surface area is 152 Å². The molecule has 2 aromatic rings. The van der Waals surface area contributed by atoms with E-state index in [0.717, 1.165) is 28.6 Å². The molecule has 25 heavy (non-hydrogen) atoms. The highest BCUT2D eigenvalue weighted by Gasteiger charge is 2.32. The number of carbonyl (C=O) groups is 1. The standard InChI is InChI=1S/C20H20N2O2S/c1-3-13-22-19(23)18(14-15-7-5-4-6-8-15)25-20(22)21-16-9-11-17(24-2)12-10-16/h4-12,14H,3,13H2,1-2H3/b18-14-,21-20?. The molecule has 1 fully saturated rings. The second kappa shape index (κ2) is 8.03. The summed E-state index contributed by atoms with van der Waals surface area (Å²) in [6.45, 7) is 2.72. The van der Waals surface area contributed by atoms with Crippen LogP contribution in [0.4, 0.5) is 5.69 Å². The second-order valence-electron chi connectivity index (χ2n) is 5.57. The lowest BCUT2D eigenvalue weighted by Crippen LogP contribution is -2.29. The Hall–Kier alpha value is -2.53. The molecule has 1 aliphatic rings. The molecule has 0 bridgehead atoms. The van der Waals surface area contributed by atoms with Crippen LogP contribution in [0.3, 0.4) is 0 Å². The summed E-state index contributed by atoms with van der Waals surface area (Å²) in [6, 6.07) is 17.4. The highest BCUT2D eigenvalue weighted by atomic mass is 32.2. The maximum Gasteiger partial charge on any atom is 0.266 e. The van der Waals surface area contributed by atoms with E-state index >= 15 is 0 Å². The van der Waals surface area contributed by atoms with Gasteiger partial charge in [-0.3, -0.25) is 9.69 Å². The van der Waals surface area contributed by atoms with E-state index in [4.69, 9.17) is 4.74 Å². The molecule has 1 heterocycles. The average molecular weight is 352 g/mol. The molecule has 0 aromatic heterocycles. The SMILES string of the molecule is CCCN1C(=O)/C(=C/c2ccccc2)SC1=Nc1ccc(OC)cc1. The first-order chi connectivity index (χ1) is 12.2. The molecule has 0 radical (unpaired) electrons. The Morgan fingerprint density at radius 1 is 1.12 bits per heavy atom. The van der Waals surface area contributed by atoms with Crippen LogP contribution in [0.5, 0.6) is 5.75 Å². The summed E-state index contributed by atoms with van der Waals surface area (Å²) < 4.78 is 5.17. The van der Waals surface area contributed by atoms with Gasteiger partial charge in [0, 0.05) is 6.54 Å². The molecule has 5 heteroatoms. The molecule has 0 spiro atoms. The second-order valence-corrected chi connectivity index (χ2v) is 6.58. The number of amidine groups is 1. The van der Waals surface area contributed by atoms with E-state index in [1.165, 1.54) is 11.8 Å². The average Bonchev–Trinajstić information content (AvgIpc) is 2.92. The van der Waals surface area contributed by atoms with Gasteiger partial charge >= 0.3 is 0 Å². The topological polar surface area (TPSA) is 41.9 Å². The molecule has 1 aliphatic heterocycles. The molecule has 2 aromatic carbocycles. The number of thioether (sulfide) groups is 1. The van der Waals surface area contributed by atoms with Gasteiger partial charge in [0.15, 0.2) is 5.17 Å². The summed E-state index contributed by atoms with van der Waals surface area (Å²) in [5.74, 6) is 0.803. The number of rotatable bonds is 5. The minimum absolute atomic E-state index is 0.0166. The maximum atomic E-state index is 12.7. The van der Waals surface area contributed by atoms with Crippen molar-refractivity contribution in [3.8, 4) is 5.75 Å². The van der Waals surface area contributed by atoms with Gasteiger partial charge in [0.05, 0.1) is 17.7 Å². The molecule has 1 saturated heterocycles. The van der Waals surface area contributed by atoms with Gasteiger partial charge in [0.25, 0.3) is 5.91 Å². The molecule has 0 atom stereocenters. The van der Waals surface area contributed by atoms with Crippen molar-refractivity contribution in [2.75, 3.05) is 13.7 Å². The van der Waals surface area contributed by atoms with Crippen LogP contribution in [0.2, 0.25) is 0 Å². The third-order valence-corrected chi connectivity index (χ3v) is 4.74. The van der Waals surface area contributed by atoms with Crippen LogP contribution < -0.4 is 4.74 Å². The normalized spacial score (nSPS) is 17.5. The predicted octanol–water partition coefficient (Wildman–Crippen LogP) is 4.71. The number of benzene rings is 2. The third-order valence-electron chi connectivity index (χ3n) is 3.73. The van der Waals surface area contributed by atoms with Gasteiger partial charge in [-0.25, -0.2) is 4.99 Å². The molecule has 4 nitrogen and oxygen atoms in total. The van der Waals surface area contributed by atoms with Crippen molar-refractivity contribution < 1.29 is 9.53 Å². The predicted molar refractivity (Wildman–Crippen MR) is 104 cm³/mol. The maximum absolute atomic E-state index is 12.7. The number of hydrogen-bond donors (Lipinski definition) is 0. The van der Waals surface area contributed by atoms with Gasteiger partial charge in [-0.1, -0.05) is 37.3 Å². The highest BCUT2D eigenvalue weighted by Crippen LogP contribution is 2.34. The molecule has 0 aliphatic carbocycles. The van der Waals surface area contributed by atoms with Crippen molar-refractivity contribution in [1.82, 2.24) is 4.90 Å². The zero-order valence-corrected chi connectivity index (χ0v) is 15.1. The summed E-state index contributed by atoms with van der Waals surface area (Å²) in [4.78, 5) is 19.9. The monoisotopic (exact) mass is 352 g/mol. The molecular weight excluding hydrogens is 332 g/mol. The van der Waals surface area contributed by atoms with Gasteiger partial charge < -0.3 is 4.74 Å². The molecule has 0 N–H and O–H groups in total. The van der Waals surface area contributed by atoms with Crippen molar-refractivity contribution in [1.29, 1.82) is 0 Å². The quantitative estimate of drug-likeness (QED) is 0.732. The molecule has 3 rings (SSSR count). The van der Waals surface area contributed by atoms with Gasteiger partial charge in [-0.05, 0) is 54.1 Å². The van der Waals surface area contributed by atoms with E-state index in [0.29, 0.717) is 11.4 Å². The van der Waals surface area contributed by atoms with Crippen LogP contribution in [0.1, 0.15) is 18.9 Å². The van der Waals surface area contributed by atoms with Crippen molar-refractivity contribution in [3.63, 3.8) is 0 Å². The highest BCUT2D eigenvalue weighted by molar-refractivity contribution is 8.18. The fraction of sp³-hybridized carbons (Fsp3) is 0.200. The van der Waals surface area contributed by atoms with Crippen LogP contribution >= 0.6 is 11.8 Å². The molecule has 128 valence electrons. The number of amides is 1. The van der Waals surface area contributed by atoms with Crippen LogP contribution in [-0.4, -0.2) is 29.6 Å². The summed E-state index contributed by atoms with van der Waals surface area (Å²) in [5.41, 5.74) is 1.82. The van der Waals surface area contributed by atoms with Crippen LogP contribution in [0, 0.1) is 0 Å². The molecule has 0 saturated carbocycles. The first-order valence-corrected chi connectivity index (χ1v) is 9.02. The fourth-order valence-corrected chi connectivity index (χ4v) is 3.50. The third kappa shape index (κ3) is 4.12. The Balaban J connectivity index is 1.90. The lowest BCUT2D eigenvalue weighted by atomic mass is 10.2. The van der Waals surface area contributed by atoms with E-state index in [-0.39, 0.29) is 5.91 Å². The molecular formula is C20H20N2O2S. The first kappa shape index (κ1) is 17.3. The minimum atomic E-state index is 0.0166. The molecule has 1 amide bonds. The van der Waals surface area contributed by atoms with E-state index in [2.05, 4.69) is 11.9 Å². The van der Waals surface area contributed by atoms with E-state index < -0.39 is 0 Å². The zero-order valence-electron chi connectivity index (χ0n) is 14.3. The summed E-state index contributed by atoms with van der Waals surface area (Å²) >= 11 is 1.42. The van der Waals surface area contributed by atoms with E-state index in [9.17, 15) is 4.79 Å². The number of nitrogens with zero attached hydrogens (tertiary/aromatic N) is 2. The van der Waals surface area contributed by atoms with Gasteiger partial charge in [-0.2, -0.15) is 0 Å². The summed E-state index contributed by atoms with van der Waals surface area (Å²) in [7, 11) is 1.63. The number of carbonyl (C=O) groups excluding carboxylic acids is 1. The Bertz CT molecular complexity index is 798. The lowest BCUT2D eigenvalue weighted by molar-refractivity contribution is -0.122. The van der Waals surface area contributed by atoms with Crippen molar-refractivity contribution >= 4 is 34.6 Å². The van der Waals surface area contributed by atoms with Crippen LogP contribution in [0.25, 0.3) is 6.08 Å². The number of methoxy groups -OCH3 is 1. The van der Waals surface area contributed by atoms with Crippen LogP contribution in [0.15, 0.2) is 64.5 Å². The smallest absolute Gasteiger partial charge is 0.266 e. The number of ether oxygens (including phenoxy) is 1. The Morgan fingerprint density at radius 3 is 2.48 bits per heavy atom. The fourth-order valence-electron chi connectivity index (χ4n) is 2.48. The first-order valence-electron chi connectivity index (χ1n) is 8.20. The Morgan fingerprint density at radius 2 is 1.84 bits per heavy atom. The summed E-state index contributed by atoms with van der Waals surface area (Å²) in [6.07, 6.45) is 2.80. The van der Waals surface area contributed by atoms with E-state index in [1.54, 1.807) is 12.0 Å². The number of hydrogen-bond acceptors (Lipinski definition) is 4. The largest absolute Gasteiger partial charge is 0.497 e.